The number of carbonyl (C=O) groups excluding carboxylic acids is 1. The third-order valence-corrected chi connectivity index (χ3v) is 4.92. The average Bonchev–Trinajstić information content (AvgIpc) is 2.70. The van der Waals surface area contributed by atoms with Crippen molar-refractivity contribution in [3.05, 3.63) is 29.8 Å². The SMILES string of the molecule is CCCCCCCC[C@H]1OCOC[C@@H]1C(=O)Oc1ccc(CCC#N)cc1. The molecule has 0 aliphatic carbocycles. The summed E-state index contributed by atoms with van der Waals surface area (Å²) in [4.78, 5) is 12.6. The van der Waals surface area contributed by atoms with Gasteiger partial charge in [0.1, 0.15) is 18.5 Å². The van der Waals surface area contributed by atoms with Crippen LogP contribution < -0.4 is 4.74 Å². The summed E-state index contributed by atoms with van der Waals surface area (Å²) in [6.07, 6.45) is 9.21. The molecule has 0 spiro atoms. The van der Waals surface area contributed by atoms with Crippen LogP contribution in [0.5, 0.6) is 5.75 Å². The molecule has 0 bridgehead atoms. The van der Waals surface area contributed by atoms with Gasteiger partial charge in [-0.3, -0.25) is 4.79 Å². The molecule has 1 heterocycles. The van der Waals surface area contributed by atoms with Gasteiger partial charge in [0, 0.05) is 6.42 Å². The Bertz CT molecular complexity index is 593. The first-order valence-electron chi connectivity index (χ1n) is 10.1. The quantitative estimate of drug-likeness (QED) is 0.317. The molecule has 1 aliphatic heterocycles. The Labute approximate surface area is 162 Å². The van der Waals surface area contributed by atoms with E-state index >= 15 is 0 Å². The Morgan fingerprint density at radius 1 is 1.19 bits per heavy atom. The van der Waals surface area contributed by atoms with E-state index in [0.717, 1.165) is 18.4 Å². The topological polar surface area (TPSA) is 68.6 Å². The second-order valence-corrected chi connectivity index (χ2v) is 7.08. The number of hydrogen-bond acceptors (Lipinski definition) is 5. The van der Waals surface area contributed by atoms with E-state index in [0.29, 0.717) is 25.2 Å². The van der Waals surface area contributed by atoms with Gasteiger partial charge < -0.3 is 14.2 Å². The van der Waals surface area contributed by atoms with Gasteiger partial charge in [-0.1, -0.05) is 57.6 Å². The zero-order valence-electron chi connectivity index (χ0n) is 16.3. The van der Waals surface area contributed by atoms with Gasteiger partial charge >= 0.3 is 5.97 Å². The number of nitriles is 1. The molecule has 27 heavy (non-hydrogen) atoms. The van der Waals surface area contributed by atoms with Crippen LogP contribution in [0, 0.1) is 17.2 Å². The van der Waals surface area contributed by atoms with Gasteiger partial charge in [0.2, 0.25) is 0 Å². The van der Waals surface area contributed by atoms with E-state index in [-0.39, 0.29) is 24.8 Å². The van der Waals surface area contributed by atoms with E-state index in [1.54, 1.807) is 12.1 Å². The monoisotopic (exact) mass is 373 g/mol. The van der Waals surface area contributed by atoms with E-state index in [9.17, 15) is 4.79 Å². The highest BCUT2D eigenvalue weighted by Crippen LogP contribution is 2.23. The largest absolute Gasteiger partial charge is 0.426 e. The van der Waals surface area contributed by atoms with Gasteiger partial charge in [-0.15, -0.1) is 0 Å². The summed E-state index contributed by atoms with van der Waals surface area (Å²) in [5, 5.41) is 8.64. The number of benzene rings is 1. The fraction of sp³-hybridized carbons (Fsp3) is 0.636. The van der Waals surface area contributed by atoms with Crippen LogP contribution in [-0.4, -0.2) is 25.5 Å². The van der Waals surface area contributed by atoms with Crippen molar-refractivity contribution >= 4 is 5.97 Å². The summed E-state index contributed by atoms with van der Waals surface area (Å²) >= 11 is 0. The van der Waals surface area contributed by atoms with Crippen LogP contribution in [0.2, 0.25) is 0 Å². The zero-order chi connectivity index (χ0) is 19.3. The molecule has 5 heteroatoms. The second-order valence-electron chi connectivity index (χ2n) is 7.08. The number of ether oxygens (including phenoxy) is 3. The molecular weight excluding hydrogens is 342 g/mol. The highest BCUT2D eigenvalue weighted by Gasteiger charge is 2.33. The van der Waals surface area contributed by atoms with Gasteiger partial charge in [-0.25, -0.2) is 0 Å². The third-order valence-electron chi connectivity index (χ3n) is 4.92. The molecule has 148 valence electrons. The number of unbranched alkanes of at least 4 members (excludes halogenated alkanes) is 5. The molecule has 1 aromatic rings. The Kier molecular flexibility index (Phi) is 9.89. The maximum absolute atomic E-state index is 12.6. The summed E-state index contributed by atoms with van der Waals surface area (Å²) < 4.78 is 16.6. The van der Waals surface area contributed by atoms with E-state index < -0.39 is 0 Å². The summed E-state index contributed by atoms with van der Waals surface area (Å²) in [5.41, 5.74) is 1.06. The highest BCUT2D eigenvalue weighted by molar-refractivity contribution is 5.76. The molecule has 2 atom stereocenters. The molecule has 2 rings (SSSR count). The number of rotatable bonds is 11. The van der Waals surface area contributed by atoms with Crippen LogP contribution in [0.1, 0.15) is 63.9 Å². The van der Waals surface area contributed by atoms with Crippen LogP contribution in [0.15, 0.2) is 24.3 Å². The van der Waals surface area contributed by atoms with Crippen LogP contribution >= 0.6 is 0 Å². The third kappa shape index (κ3) is 7.70. The molecule has 1 aromatic carbocycles. The van der Waals surface area contributed by atoms with Gasteiger partial charge in [0.25, 0.3) is 0 Å². The van der Waals surface area contributed by atoms with Crippen LogP contribution in [0.4, 0.5) is 0 Å². The molecule has 0 radical (unpaired) electrons. The standard InChI is InChI=1S/C22H31NO4/c1-2-3-4-5-6-7-10-21-20(16-25-17-26-21)22(24)27-19-13-11-18(12-14-19)9-8-15-23/h11-14,20-21H,2-10,16-17H2,1H3/t20-,21+/m0/s1. The Hall–Kier alpha value is -1.90. The first-order valence-corrected chi connectivity index (χ1v) is 10.1. The molecule has 0 N–H and O–H groups in total. The fourth-order valence-corrected chi connectivity index (χ4v) is 3.28. The first-order chi connectivity index (χ1) is 13.2. The van der Waals surface area contributed by atoms with Crippen molar-refractivity contribution in [2.75, 3.05) is 13.4 Å². The number of nitrogens with zero attached hydrogens (tertiary/aromatic N) is 1. The molecule has 5 nitrogen and oxygen atoms in total. The van der Waals surface area contributed by atoms with Crippen molar-refractivity contribution < 1.29 is 19.0 Å². The van der Waals surface area contributed by atoms with Gasteiger partial charge in [0.15, 0.2) is 0 Å². The molecule has 1 aliphatic rings. The maximum Gasteiger partial charge on any atom is 0.319 e. The molecule has 0 aromatic heterocycles. The Balaban J connectivity index is 1.80. The molecular formula is C22H31NO4. The Morgan fingerprint density at radius 2 is 1.93 bits per heavy atom. The van der Waals surface area contributed by atoms with E-state index in [1.807, 2.05) is 12.1 Å². The molecule has 0 amide bonds. The minimum atomic E-state index is -0.382. The van der Waals surface area contributed by atoms with Crippen molar-refractivity contribution in [3.63, 3.8) is 0 Å². The highest BCUT2D eigenvalue weighted by atomic mass is 16.7. The van der Waals surface area contributed by atoms with Crippen molar-refractivity contribution in [2.24, 2.45) is 5.92 Å². The lowest BCUT2D eigenvalue weighted by Crippen LogP contribution is -2.41. The first kappa shape index (κ1) is 21.4. The lowest BCUT2D eigenvalue weighted by Gasteiger charge is -2.30. The number of aryl methyl sites for hydroxylation is 1. The predicted octanol–water partition coefficient (Wildman–Crippen LogP) is 4.79. The minimum Gasteiger partial charge on any atom is -0.426 e. The molecule has 1 fully saturated rings. The number of hydrogen-bond donors (Lipinski definition) is 0. The second kappa shape index (κ2) is 12.5. The van der Waals surface area contributed by atoms with Gasteiger partial charge in [-0.05, 0) is 30.5 Å². The van der Waals surface area contributed by atoms with Crippen LogP contribution in [-0.2, 0) is 20.7 Å². The Morgan fingerprint density at radius 3 is 2.67 bits per heavy atom. The van der Waals surface area contributed by atoms with Crippen LogP contribution in [0.3, 0.4) is 0 Å². The smallest absolute Gasteiger partial charge is 0.319 e. The molecule has 0 saturated carbocycles. The van der Waals surface area contributed by atoms with Crippen molar-refractivity contribution in [3.8, 4) is 11.8 Å². The normalized spacial score (nSPS) is 19.4. The predicted molar refractivity (Wildman–Crippen MR) is 103 cm³/mol. The summed E-state index contributed by atoms with van der Waals surface area (Å²) in [5.74, 6) is -0.160. The number of carbonyl (C=O) groups is 1. The van der Waals surface area contributed by atoms with E-state index in [1.165, 1.54) is 32.1 Å². The van der Waals surface area contributed by atoms with Gasteiger partial charge in [-0.2, -0.15) is 5.26 Å². The number of esters is 1. The van der Waals surface area contributed by atoms with Crippen molar-refractivity contribution in [1.82, 2.24) is 0 Å². The van der Waals surface area contributed by atoms with Crippen molar-refractivity contribution in [2.45, 2.75) is 70.8 Å². The zero-order valence-corrected chi connectivity index (χ0v) is 16.3. The molecule has 1 saturated heterocycles. The lowest BCUT2D eigenvalue weighted by atomic mass is 9.96. The summed E-state index contributed by atoms with van der Waals surface area (Å²) in [6, 6.07) is 9.46. The van der Waals surface area contributed by atoms with Crippen LogP contribution in [0.25, 0.3) is 0 Å². The van der Waals surface area contributed by atoms with Gasteiger partial charge in [0.05, 0.1) is 18.8 Å². The van der Waals surface area contributed by atoms with Crippen molar-refractivity contribution in [1.29, 1.82) is 5.26 Å². The van der Waals surface area contributed by atoms with E-state index in [2.05, 4.69) is 13.0 Å². The maximum atomic E-state index is 12.6. The summed E-state index contributed by atoms with van der Waals surface area (Å²) in [7, 11) is 0. The van der Waals surface area contributed by atoms with E-state index in [4.69, 9.17) is 19.5 Å². The molecule has 0 unspecified atom stereocenters. The minimum absolute atomic E-state index is 0.132. The lowest BCUT2D eigenvalue weighted by molar-refractivity contribution is -0.187. The fourth-order valence-electron chi connectivity index (χ4n) is 3.28. The average molecular weight is 373 g/mol. The summed E-state index contributed by atoms with van der Waals surface area (Å²) in [6.45, 7) is 2.81.